The molecule has 0 unspecified atom stereocenters. The van der Waals surface area contributed by atoms with Gasteiger partial charge in [0.25, 0.3) is 11.8 Å². The van der Waals surface area contributed by atoms with Crippen LogP contribution >= 0.6 is 0 Å². The number of ether oxygens (including phenoxy) is 2. The largest absolute Gasteiger partial charge is 0.461 e. The summed E-state index contributed by atoms with van der Waals surface area (Å²) in [5.41, 5.74) is 5.55. The first-order valence-electron chi connectivity index (χ1n) is 5.49. The Morgan fingerprint density at radius 3 is 2.58 bits per heavy atom. The van der Waals surface area contributed by atoms with Gasteiger partial charge in [-0.2, -0.15) is 0 Å². The van der Waals surface area contributed by atoms with Crippen molar-refractivity contribution in [2.45, 2.75) is 0 Å². The zero-order valence-corrected chi connectivity index (χ0v) is 9.96. The summed E-state index contributed by atoms with van der Waals surface area (Å²) in [7, 11) is 0. The summed E-state index contributed by atoms with van der Waals surface area (Å²) in [6.07, 6.45) is 2.65. The maximum absolute atomic E-state index is 11.9. The molecule has 1 aromatic carbocycles. The first kappa shape index (κ1) is 12.7. The Balaban J connectivity index is 2.13. The van der Waals surface area contributed by atoms with Gasteiger partial charge in [-0.15, -0.1) is 0 Å². The highest BCUT2D eigenvalue weighted by atomic mass is 16.7. The van der Waals surface area contributed by atoms with Gasteiger partial charge in [-0.1, -0.05) is 18.2 Å². The second-order valence-electron chi connectivity index (χ2n) is 3.69. The molecule has 0 aromatic heterocycles. The summed E-state index contributed by atoms with van der Waals surface area (Å²) < 4.78 is 9.86. The minimum absolute atomic E-state index is 0.0643. The van der Waals surface area contributed by atoms with Crippen molar-refractivity contribution in [3.05, 3.63) is 59.7 Å². The summed E-state index contributed by atoms with van der Waals surface area (Å²) in [6.45, 7) is 0.0739. The minimum Gasteiger partial charge on any atom is -0.461 e. The number of hydrogen-bond donors (Lipinski definition) is 2. The van der Waals surface area contributed by atoms with Gasteiger partial charge >= 0.3 is 0 Å². The van der Waals surface area contributed by atoms with Crippen molar-refractivity contribution >= 4 is 11.8 Å². The van der Waals surface area contributed by atoms with Crippen LogP contribution in [0.25, 0.3) is 0 Å². The molecule has 0 saturated heterocycles. The van der Waals surface area contributed by atoms with Gasteiger partial charge in [0.05, 0.1) is 0 Å². The van der Waals surface area contributed by atoms with Gasteiger partial charge in [-0.05, 0) is 12.1 Å². The van der Waals surface area contributed by atoms with Crippen LogP contribution in [-0.4, -0.2) is 18.6 Å². The molecule has 2 rings (SSSR count). The Morgan fingerprint density at radius 1 is 1.26 bits per heavy atom. The number of nitrogens with one attached hydrogen (secondary N) is 1. The predicted octanol–water partition coefficient (Wildman–Crippen LogP) is 0.631. The fourth-order valence-electron chi connectivity index (χ4n) is 1.42. The highest BCUT2D eigenvalue weighted by Gasteiger charge is 2.14. The van der Waals surface area contributed by atoms with E-state index in [2.05, 4.69) is 5.32 Å². The van der Waals surface area contributed by atoms with E-state index in [0.717, 1.165) is 0 Å². The molecule has 1 aliphatic rings. The van der Waals surface area contributed by atoms with Gasteiger partial charge in [-0.25, -0.2) is 0 Å². The van der Waals surface area contributed by atoms with E-state index in [1.54, 1.807) is 30.3 Å². The monoisotopic (exact) mass is 260 g/mol. The molecule has 1 aromatic rings. The average molecular weight is 260 g/mol. The van der Waals surface area contributed by atoms with Crippen molar-refractivity contribution in [1.29, 1.82) is 0 Å². The Hall–Kier alpha value is -2.76. The van der Waals surface area contributed by atoms with E-state index < -0.39 is 11.8 Å². The van der Waals surface area contributed by atoms with Crippen molar-refractivity contribution in [3.8, 4) is 0 Å². The zero-order valence-electron chi connectivity index (χ0n) is 9.96. The Kier molecular flexibility index (Phi) is 3.82. The normalized spacial score (nSPS) is 14.1. The lowest BCUT2D eigenvalue weighted by Gasteiger charge is -2.06. The molecule has 1 heterocycles. The van der Waals surface area contributed by atoms with Gasteiger partial charge in [-0.3, -0.25) is 9.59 Å². The van der Waals surface area contributed by atoms with Crippen LogP contribution in [0.3, 0.4) is 0 Å². The van der Waals surface area contributed by atoms with Crippen molar-refractivity contribution in [3.63, 3.8) is 0 Å². The number of allylic oxidation sites excluding steroid dienone is 1. The van der Waals surface area contributed by atoms with E-state index in [0.29, 0.717) is 11.3 Å². The molecule has 0 spiro atoms. The highest BCUT2D eigenvalue weighted by molar-refractivity contribution is 6.02. The van der Waals surface area contributed by atoms with Crippen molar-refractivity contribution in [2.24, 2.45) is 5.73 Å². The van der Waals surface area contributed by atoms with Crippen molar-refractivity contribution < 1.29 is 19.1 Å². The highest BCUT2D eigenvalue weighted by Crippen LogP contribution is 2.10. The number of carbonyl (C=O) groups is 2. The zero-order chi connectivity index (χ0) is 13.7. The van der Waals surface area contributed by atoms with E-state index in [1.165, 1.54) is 12.3 Å². The molecule has 19 heavy (non-hydrogen) atoms. The Morgan fingerprint density at radius 2 is 2.00 bits per heavy atom. The standard InChI is InChI=1S/C13H12N2O4/c14-12(16)11(6-10-7-18-8-19-10)15-13(17)9-4-2-1-3-5-9/h1-7H,8H2,(H2,14,16)(H,15,17). The third kappa shape index (κ3) is 3.35. The molecule has 0 saturated carbocycles. The lowest BCUT2D eigenvalue weighted by molar-refractivity contribution is -0.114. The number of nitrogens with two attached hydrogens (primary N) is 1. The van der Waals surface area contributed by atoms with Gasteiger partial charge in [0, 0.05) is 11.6 Å². The molecule has 1 aliphatic heterocycles. The molecule has 6 heteroatoms. The Labute approximate surface area is 109 Å². The molecular formula is C13H12N2O4. The third-order valence-corrected chi connectivity index (χ3v) is 2.33. The Bertz CT molecular complexity index is 549. The molecule has 0 fully saturated rings. The van der Waals surface area contributed by atoms with Crippen LogP contribution < -0.4 is 11.1 Å². The molecule has 6 nitrogen and oxygen atoms in total. The van der Waals surface area contributed by atoms with E-state index in [1.807, 2.05) is 0 Å². The molecule has 0 bridgehead atoms. The number of hydrogen-bond acceptors (Lipinski definition) is 4. The summed E-state index contributed by atoms with van der Waals surface area (Å²) in [5, 5.41) is 2.43. The SMILES string of the molecule is NC(=O)C(=CC1=COCO1)NC(=O)c1ccccc1. The van der Waals surface area contributed by atoms with E-state index in [4.69, 9.17) is 15.2 Å². The smallest absolute Gasteiger partial charge is 0.265 e. The molecule has 0 atom stereocenters. The predicted molar refractivity (Wildman–Crippen MR) is 66.3 cm³/mol. The van der Waals surface area contributed by atoms with Crippen LogP contribution in [0.1, 0.15) is 10.4 Å². The van der Waals surface area contributed by atoms with E-state index >= 15 is 0 Å². The van der Waals surface area contributed by atoms with Crippen LogP contribution in [0.4, 0.5) is 0 Å². The number of amides is 2. The molecular weight excluding hydrogens is 248 g/mol. The molecule has 2 amide bonds. The summed E-state index contributed by atoms with van der Waals surface area (Å²) >= 11 is 0. The van der Waals surface area contributed by atoms with Crippen LogP contribution in [-0.2, 0) is 14.3 Å². The number of carbonyl (C=O) groups excluding carboxylic acids is 2. The van der Waals surface area contributed by atoms with Crippen LogP contribution in [0.2, 0.25) is 0 Å². The maximum atomic E-state index is 11.9. The fraction of sp³-hybridized carbons (Fsp3) is 0.0769. The molecule has 0 radical (unpaired) electrons. The third-order valence-electron chi connectivity index (χ3n) is 2.33. The summed E-state index contributed by atoms with van der Waals surface area (Å²) in [5.74, 6) is -0.868. The summed E-state index contributed by atoms with van der Waals surface area (Å²) in [4.78, 5) is 23.2. The minimum atomic E-state index is -0.763. The van der Waals surface area contributed by atoms with Gasteiger partial charge in [0.2, 0.25) is 6.79 Å². The van der Waals surface area contributed by atoms with Crippen LogP contribution in [0.15, 0.2) is 54.1 Å². The van der Waals surface area contributed by atoms with Crippen LogP contribution in [0, 0.1) is 0 Å². The first-order valence-corrected chi connectivity index (χ1v) is 5.49. The summed E-state index contributed by atoms with van der Waals surface area (Å²) in [6, 6.07) is 8.49. The maximum Gasteiger partial charge on any atom is 0.265 e. The topological polar surface area (TPSA) is 90.7 Å². The average Bonchev–Trinajstić information content (AvgIpc) is 2.91. The second kappa shape index (κ2) is 5.72. The van der Waals surface area contributed by atoms with Crippen LogP contribution in [0.5, 0.6) is 0 Å². The molecule has 98 valence electrons. The molecule has 3 N–H and O–H groups in total. The van der Waals surface area contributed by atoms with Gasteiger partial charge in [0.1, 0.15) is 12.0 Å². The number of rotatable bonds is 4. The first-order chi connectivity index (χ1) is 9.16. The fourth-order valence-corrected chi connectivity index (χ4v) is 1.42. The lowest BCUT2D eigenvalue weighted by atomic mass is 10.2. The van der Waals surface area contributed by atoms with E-state index in [9.17, 15) is 9.59 Å². The van der Waals surface area contributed by atoms with Crippen molar-refractivity contribution in [1.82, 2.24) is 5.32 Å². The lowest BCUT2D eigenvalue weighted by Crippen LogP contribution is -2.31. The van der Waals surface area contributed by atoms with E-state index in [-0.39, 0.29) is 12.5 Å². The second-order valence-corrected chi connectivity index (χ2v) is 3.69. The quantitative estimate of drug-likeness (QED) is 0.777. The number of benzene rings is 1. The van der Waals surface area contributed by atoms with Gasteiger partial charge in [0.15, 0.2) is 5.76 Å². The van der Waals surface area contributed by atoms with Crippen molar-refractivity contribution in [2.75, 3.05) is 6.79 Å². The molecule has 0 aliphatic carbocycles. The number of primary amides is 1. The van der Waals surface area contributed by atoms with Gasteiger partial charge < -0.3 is 20.5 Å².